The van der Waals surface area contributed by atoms with E-state index in [0.29, 0.717) is 28.5 Å². The normalized spacial score (nSPS) is 10.3. The summed E-state index contributed by atoms with van der Waals surface area (Å²) in [7, 11) is 3.07. The van der Waals surface area contributed by atoms with Gasteiger partial charge in [-0.15, -0.1) is 0 Å². The van der Waals surface area contributed by atoms with Gasteiger partial charge in [-0.05, 0) is 50.2 Å². The lowest BCUT2D eigenvalue weighted by atomic mass is 10.2. The first-order chi connectivity index (χ1) is 13.5. The van der Waals surface area contributed by atoms with Crippen LogP contribution in [0.2, 0.25) is 0 Å². The summed E-state index contributed by atoms with van der Waals surface area (Å²) in [4.78, 5) is 21.1. The van der Waals surface area contributed by atoms with Gasteiger partial charge in [0, 0.05) is 28.7 Å². The third-order valence-electron chi connectivity index (χ3n) is 3.91. The first-order valence-corrected chi connectivity index (χ1v) is 8.62. The van der Waals surface area contributed by atoms with Crippen LogP contribution in [0.3, 0.4) is 0 Å². The van der Waals surface area contributed by atoms with Gasteiger partial charge in [-0.1, -0.05) is 6.07 Å². The minimum Gasteiger partial charge on any atom is -0.493 e. The largest absolute Gasteiger partial charge is 0.493 e. The third-order valence-corrected chi connectivity index (χ3v) is 3.91. The summed E-state index contributed by atoms with van der Waals surface area (Å²) in [6, 6.07) is 14.1. The number of nitrogens with one attached hydrogen (secondary N) is 1. The zero-order valence-electron chi connectivity index (χ0n) is 16.1. The Morgan fingerprint density at radius 3 is 2.29 bits per heavy atom. The molecular formula is C21H21N3O4. The van der Waals surface area contributed by atoms with Crippen molar-refractivity contribution in [1.29, 1.82) is 0 Å². The molecule has 0 saturated heterocycles. The van der Waals surface area contributed by atoms with Gasteiger partial charge in [0.05, 0.1) is 14.2 Å². The third kappa shape index (κ3) is 4.56. The number of amides is 1. The van der Waals surface area contributed by atoms with Crippen LogP contribution in [0.4, 0.5) is 5.69 Å². The molecule has 0 radical (unpaired) electrons. The Balaban J connectivity index is 1.76. The zero-order valence-corrected chi connectivity index (χ0v) is 16.1. The molecule has 1 heterocycles. The number of nitrogens with zero attached hydrogens (tertiary/aromatic N) is 2. The number of carbonyl (C=O) groups excluding carboxylic acids is 1. The Morgan fingerprint density at radius 2 is 1.61 bits per heavy atom. The molecule has 0 aliphatic carbocycles. The van der Waals surface area contributed by atoms with Gasteiger partial charge < -0.3 is 19.5 Å². The van der Waals surface area contributed by atoms with Crippen LogP contribution in [0.5, 0.6) is 23.3 Å². The average Bonchev–Trinajstić information content (AvgIpc) is 2.66. The van der Waals surface area contributed by atoms with Gasteiger partial charge >= 0.3 is 6.01 Å². The number of hydrogen-bond acceptors (Lipinski definition) is 6. The molecule has 2 aromatic carbocycles. The van der Waals surface area contributed by atoms with Crippen LogP contribution >= 0.6 is 0 Å². The molecular weight excluding hydrogens is 358 g/mol. The highest BCUT2D eigenvalue weighted by Crippen LogP contribution is 2.28. The van der Waals surface area contributed by atoms with E-state index in [1.165, 1.54) is 7.11 Å². The van der Waals surface area contributed by atoms with Gasteiger partial charge in [-0.25, -0.2) is 9.97 Å². The van der Waals surface area contributed by atoms with Gasteiger partial charge in [-0.2, -0.15) is 0 Å². The van der Waals surface area contributed by atoms with Crippen LogP contribution < -0.4 is 19.5 Å². The van der Waals surface area contributed by atoms with E-state index in [4.69, 9.17) is 14.2 Å². The van der Waals surface area contributed by atoms with Crippen molar-refractivity contribution in [3.8, 4) is 23.3 Å². The number of hydrogen-bond donors (Lipinski definition) is 1. The van der Waals surface area contributed by atoms with E-state index >= 15 is 0 Å². The molecule has 3 rings (SSSR count). The molecule has 1 amide bonds. The molecule has 28 heavy (non-hydrogen) atoms. The van der Waals surface area contributed by atoms with E-state index in [2.05, 4.69) is 15.3 Å². The molecule has 0 saturated carbocycles. The summed E-state index contributed by atoms with van der Waals surface area (Å²) >= 11 is 0. The predicted octanol–water partition coefficient (Wildman–Crippen LogP) is 4.16. The number of benzene rings is 2. The number of methoxy groups -OCH3 is 2. The van der Waals surface area contributed by atoms with Crippen LogP contribution in [0, 0.1) is 13.8 Å². The van der Waals surface area contributed by atoms with Crippen LogP contribution in [0.15, 0.2) is 48.5 Å². The minimum absolute atomic E-state index is 0.265. The number of aromatic nitrogens is 2. The van der Waals surface area contributed by atoms with Crippen molar-refractivity contribution >= 4 is 11.6 Å². The van der Waals surface area contributed by atoms with Gasteiger partial charge in [0.15, 0.2) is 11.5 Å². The lowest BCUT2D eigenvalue weighted by molar-refractivity contribution is 0.102. The number of carbonyl (C=O) groups is 1. The summed E-state index contributed by atoms with van der Waals surface area (Å²) in [5, 5.41) is 2.84. The SMILES string of the molecule is COc1ccc(C(=O)Nc2cccc(Oc3nc(C)cc(C)n3)c2)cc1OC. The molecule has 0 bridgehead atoms. The summed E-state index contributed by atoms with van der Waals surface area (Å²) < 4.78 is 16.2. The number of aryl methyl sites for hydroxylation is 2. The van der Waals surface area contributed by atoms with E-state index < -0.39 is 0 Å². The van der Waals surface area contributed by atoms with E-state index in [1.54, 1.807) is 49.6 Å². The zero-order chi connectivity index (χ0) is 20.1. The first-order valence-electron chi connectivity index (χ1n) is 8.62. The van der Waals surface area contributed by atoms with E-state index in [9.17, 15) is 4.79 Å². The molecule has 0 unspecified atom stereocenters. The molecule has 0 atom stereocenters. The predicted molar refractivity (Wildman–Crippen MR) is 106 cm³/mol. The fourth-order valence-electron chi connectivity index (χ4n) is 2.66. The lowest BCUT2D eigenvalue weighted by Gasteiger charge is -2.11. The highest BCUT2D eigenvalue weighted by molar-refractivity contribution is 6.04. The van der Waals surface area contributed by atoms with Crippen LogP contribution in [0.1, 0.15) is 21.7 Å². The van der Waals surface area contributed by atoms with Crippen molar-refractivity contribution in [3.05, 3.63) is 65.5 Å². The van der Waals surface area contributed by atoms with Crippen molar-refractivity contribution in [2.24, 2.45) is 0 Å². The maximum atomic E-state index is 12.6. The van der Waals surface area contributed by atoms with Crippen LogP contribution in [-0.4, -0.2) is 30.1 Å². The molecule has 1 aromatic heterocycles. The summed E-state index contributed by atoms with van der Waals surface area (Å²) in [5.74, 6) is 1.29. The minimum atomic E-state index is -0.277. The lowest BCUT2D eigenvalue weighted by Crippen LogP contribution is -2.12. The second kappa shape index (κ2) is 8.39. The topological polar surface area (TPSA) is 82.6 Å². The number of rotatable bonds is 6. The van der Waals surface area contributed by atoms with Gasteiger partial charge in [-0.3, -0.25) is 4.79 Å². The standard InChI is InChI=1S/C21H21N3O4/c1-13-10-14(2)23-21(22-13)28-17-7-5-6-16(12-17)24-20(25)15-8-9-18(26-3)19(11-15)27-4/h5-12H,1-4H3,(H,24,25). The van der Waals surface area contributed by atoms with Crippen LogP contribution in [-0.2, 0) is 0 Å². The van der Waals surface area contributed by atoms with E-state index in [0.717, 1.165) is 11.4 Å². The second-order valence-corrected chi connectivity index (χ2v) is 6.09. The smallest absolute Gasteiger partial charge is 0.322 e. The summed E-state index contributed by atoms with van der Waals surface area (Å²) in [6.07, 6.45) is 0. The monoisotopic (exact) mass is 379 g/mol. The molecule has 0 fully saturated rings. The van der Waals surface area contributed by atoms with E-state index in [1.807, 2.05) is 19.9 Å². The molecule has 7 heteroatoms. The Kier molecular flexibility index (Phi) is 5.74. The van der Waals surface area contributed by atoms with E-state index in [-0.39, 0.29) is 11.9 Å². The highest BCUT2D eigenvalue weighted by Gasteiger charge is 2.12. The average molecular weight is 379 g/mol. The Bertz CT molecular complexity index is 984. The maximum Gasteiger partial charge on any atom is 0.322 e. The molecule has 0 spiro atoms. The molecule has 144 valence electrons. The second-order valence-electron chi connectivity index (χ2n) is 6.09. The first kappa shape index (κ1) is 19.2. The summed E-state index contributed by atoms with van der Waals surface area (Å²) in [5.41, 5.74) is 2.67. The van der Waals surface area contributed by atoms with Crippen molar-refractivity contribution in [2.45, 2.75) is 13.8 Å². The Hall–Kier alpha value is -3.61. The maximum absolute atomic E-state index is 12.6. The summed E-state index contributed by atoms with van der Waals surface area (Å²) in [6.45, 7) is 3.75. The molecule has 7 nitrogen and oxygen atoms in total. The molecule has 0 aliphatic heterocycles. The molecule has 3 aromatic rings. The fourth-order valence-corrected chi connectivity index (χ4v) is 2.66. The number of ether oxygens (including phenoxy) is 3. The van der Waals surface area contributed by atoms with Crippen LogP contribution in [0.25, 0.3) is 0 Å². The van der Waals surface area contributed by atoms with Crippen molar-refractivity contribution in [1.82, 2.24) is 9.97 Å². The van der Waals surface area contributed by atoms with Crippen molar-refractivity contribution in [2.75, 3.05) is 19.5 Å². The van der Waals surface area contributed by atoms with Gasteiger partial charge in [0.1, 0.15) is 5.75 Å². The Labute approximate surface area is 163 Å². The van der Waals surface area contributed by atoms with Gasteiger partial charge in [0.2, 0.25) is 0 Å². The van der Waals surface area contributed by atoms with Crippen molar-refractivity contribution in [3.63, 3.8) is 0 Å². The van der Waals surface area contributed by atoms with Gasteiger partial charge in [0.25, 0.3) is 5.91 Å². The highest BCUT2D eigenvalue weighted by atomic mass is 16.5. The molecule has 0 aliphatic rings. The Morgan fingerprint density at radius 1 is 0.893 bits per heavy atom. The fraction of sp³-hybridized carbons (Fsp3) is 0.190. The number of anilines is 1. The quantitative estimate of drug-likeness (QED) is 0.693. The molecule has 1 N–H and O–H groups in total. The van der Waals surface area contributed by atoms with Crippen molar-refractivity contribution < 1.29 is 19.0 Å².